The highest BCUT2D eigenvalue weighted by Gasteiger charge is 2.19. The molecule has 0 fully saturated rings. The standard InChI is InChI=1S/C18H21N3O2/c1-4-5-9-20-18(22)17-14(12-19)8-10-21(17)15-11-13(2)6-7-16(15)23-3/h6-8,10-11H,4-5,9H2,1-3H3,(H,20,22). The van der Waals surface area contributed by atoms with Gasteiger partial charge in [-0.15, -0.1) is 0 Å². The van der Waals surface area contributed by atoms with E-state index < -0.39 is 0 Å². The number of unbranched alkanes of at least 4 members (excludes halogenated alkanes) is 1. The molecule has 0 bridgehead atoms. The van der Waals surface area contributed by atoms with Crippen LogP contribution in [-0.4, -0.2) is 24.1 Å². The van der Waals surface area contributed by atoms with E-state index >= 15 is 0 Å². The molecule has 0 atom stereocenters. The molecule has 23 heavy (non-hydrogen) atoms. The first kappa shape index (κ1) is 16.6. The molecule has 0 aliphatic heterocycles. The van der Waals surface area contributed by atoms with Crippen LogP contribution in [0.5, 0.6) is 5.75 Å². The number of carbonyl (C=O) groups is 1. The molecule has 2 aromatic rings. The van der Waals surface area contributed by atoms with E-state index in [2.05, 4.69) is 18.3 Å². The lowest BCUT2D eigenvalue weighted by Crippen LogP contribution is -2.27. The zero-order valence-electron chi connectivity index (χ0n) is 13.7. The maximum Gasteiger partial charge on any atom is 0.269 e. The van der Waals surface area contributed by atoms with Gasteiger partial charge in [0.05, 0.1) is 18.4 Å². The summed E-state index contributed by atoms with van der Waals surface area (Å²) in [5, 5.41) is 12.2. The van der Waals surface area contributed by atoms with Crippen molar-refractivity contribution in [1.29, 1.82) is 5.26 Å². The van der Waals surface area contributed by atoms with Crippen molar-refractivity contribution in [2.45, 2.75) is 26.7 Å². The number of nitrogens with one attached hydrogen (secondary N) is 1. The summed E-state index contributed by atoms with van der Waals surface area (Å²) in [4.78, 5) is 12.5. The van der Waals surface area contributed by atoms with Crippen LogP contribution in [0.3, 0.4) is 0 Å². The summed E-state index contributed by atoms with van der Waals surface area (Å²) in [7, 11) is 1.59. The van der Waals surface area contributed by atoms with Gasteiger partial charge in [-0.3, -0.25) is 4.79 Å². The van der Waals surface area contributed by atoms with E-state index in [9.17, 15) is 10.1 Å². The minimum Gasteiger partial charge on any atom is -0.495 e. The number of hydrogen-bond acceptors (Lipinski definition) is 3. The largest absolute Gasteiger partial charge is 0.495 e. The number of rotatable bonds is 6. The minimum atomic E-state index is -0.247. The Morgan fingerprint density at radius 1 is 1.39 bits per heavy atom. The second kappa shape index (κ2) is 7.50. The number of amides is 1. The third-order valence-electron chi connectivity index (χ3n) is 3.63. The molecule has 120 valence electrons. The summed E-state index contributed by atoms with van der Waals surface area (Å²) in [6.45, 7) is 4.63. The van der Waals surface area contributed by atoms with Crippen LogP contribution in [0.1, 0.15) is 41.4 Å². The second-order valence-electron chi connectivity index (χ2n) is 5.34. The lowest BCUT2D eigenvalue weighted by molar-refractivity contribution is 0.0946. The predicted molar refractivity (Wildman–Crippen MR) is 89.0 cm³/mol. The molecule has 0 unspecified atom stereocenters. The van der Waals surface area contributed by atoms with Crippen LogP contribution in [0.15, 0.2) is 30.5 Å². The Labute approximate surface area is 136 Å². The van der Waals surface area contributed by atoms with Gasteiger partial charge in [-0.25, -0.2) is 0 Å². The van der Waals surface area contributed by atoms with Gasteiger partial charge in [0, 0.05) is 12.7 Å². The van der Waals surface area contributed by atoms with E-state index in [0.717, 1.165) is 24.1 Å². The molecule has 1 amide bonds. The van der Waals surface area contributed by atoms with Crippen LogP contribution >= 0.6 is 0 Å². The number of nitriles is 1. The van der Waals surface area contributed by atoms with Crippen molar-refractivity contribution in [2.24, 2.45) is 0 Å². The van der Waals surface area contributed by atoms with Crippen LogP contribution in [-0.2, 0) is 0 Å². The average molecular weight is 311 g/mol. The van der Waals surface area contributed by atoms with Gasteiger partial charge < -0.3 is 14.6 Å². The Balaban J connectivity index is 2.49. The summed E-state index contributed by atoms with van der Waals surface area (Å²) in [6.07, 6.45) is 3.63. The summed E-state index contributed by atoms with van der Waals surface area (Å²) in [5.74, 6) is 0.404. The monoisotopic (exact) mass is 311 g/mol. The number of hydrogen-bond donors (Lipinski definition) is 1. The lowest BCUT2D eigenvalue weighted by atomic mass is 10.2. The lowest BCUT2D eigenvalue weighted by Gasteiger charge is -2.14. The normalized spacial score (nSPS) is 10.2. The van der Waals surface area contributed by atoms with E-state index in [4.69, 9.17) is 4.74 Å². The van der Waals surface area contributed by atoms with Crippen LogP contribution in [0.4, 0.5) is 0 Å². The van der Waals surface area contributed by atoms with E-state index in [-0.39, 0.29) is 5.91 Å². The number of aromatic nitrogens is 1. The molecule has 0 spiro atoms. The second-order valence-corrected chi connectivity index (χ2v) is 5.34. The van der Waals surface area contributed by atoms with Crippen molar-refractivity contribution in [2.75, 3.05) is 13.7 Å². The molecule has 1 aromatic heterocycles. The Morgan fingerprint density at radius 2 is 2.17 bits per heavy atom. The minimum absolute atomic E-state index is 0.247. The van der Waals surface area contributed by atoms with Gasteiger partial charge in [0.25, 0.3) is 5.91 Å². The maximum absolute atomic E-state index is 12.5. The molecule has 1 N–H and O–H groups in total. The van der Waals surface area contributed by atoms with Gasteiger partial charge in [0.1, 0.15) is 17.5 Å². The van der Waals surface area contributed by atoms with Crippen molar-refractivity contribution in [3.8, 4) is 17.5 Å². The van der Waals surface area contributed by atoms with Crippen LogP contribution in [0.25, 0.3) is 5.69 Å². The smallest absolute Gasteiger partial charge is 0.269 e. The van der Waals surface area contributed by atoms with E-state index in [1.807, 2.05) is 25.1 Å². The van der Waals surface area contributed by atoms with Gasteiger partial charge in [-0.05, 0) is 37.1 Å². The molecule has 1 heterocycles. The topological polar surface area (TPSA) is 67.0 Å². The van der Waals surface area contributed by atoms with Crippen molar-refractivity contribution in [3.63, 3.8) is 0 Å². The van der Waals surface area contributed by atoms with Crippen LogP contribution < -0.4 is 10.1 Å². The maximum atomic E-state index is 12.5. The van der Waals surface area contributed by atoms with Gasteiger partial charge in [-0.1, -0.05) is 19.4 Å². The van der Waals surface area contributed by atoms with E-state index in [1.54, 1.807) is 23.9 Å². The summed E-state index contributed by atoms with van der Waals surface area (Å²) in [5.41, 5.74) is 2.48. The molecule has 5 heteroatoms. The SMILES string of the molecule is CCCCNC(=O)c1c(C#N)ccn1-c1cc(C)ccc1OC. The van der Waals surface area contributed by atoms with Crippen molar-refractivity contribution in [3.05, 3.63) is 47.3 Å². The summed E-state index contributed by atoms with van der Waals surface area (Å²) >= 11 is 0. The molecule has 0 aliphatic carbocycles. The Bertz CT molecular complexity index is 741. The Hall–Kier alpha value is -2.74. The van der Waals surface area contributed by atoms with E-state index in [1.165, 1.54) is 0 Å². The number of carbonyl (C=O) groups excluding carboxylic acids is 1. The number of ether oxygens (including phenoxy) is 1. The molecule has 1 aromatic carbocycles. The summed E-state index contributed by atoms with van der Waals surface area (Å²) in [6, 6.07) is 9.47. The van der Waals surface area contributed by atoms with Gasteiger partial charge >= 0.3 is 0 Å². The molecule has 0 saturated carbocycles. The van der Waals surface area contributed by atoms with E-state index in [0.29, 0.717) is 23.6 Å². The highest BCUT2D eigenvalue weighted by Crippen LogP contribution is 2.27. The van der Waals surface area contributed by atoms with Crippen molar-refractivity contribution < 1.29 is 9.53 Å². The van der Waals surface area contributed by atoms with Crippen LogP contribution in [0.2, 0.25) is 0 Å². The van der Waals surface area contributed by atoms with Crippen molar-refractivity contribution in [1.82, 2.24) is 9.88 Å². The zero-order valence-corrected chi connectivity index (χ0v) is 13.7. The number of methoxy groups -OCH3 is 1. The quantitative estimate of drug-likeness (QED) is 0.833. The third-order valence-corrected chi connectivity index (χ3v) is 3.63. The first-order chi connectivity index (χ1) is 11.1. The first-order valence-electron chi connectivity index (χ1n) is 7.67. The Morgan fingerprint density at radius 3 is 2.83 bits per heavy atom. The van der Waals surface area contributed by atoms with Gasteiger partial charge in [0.2, 0.25) is 0 Å². The number of aryl methyl sites for hydroxylation is 1. The van der Waals surface area contributed by atoms with Crippen LogP contribution in [0, 0.1) is 18.3 Å². The molecule has 0 aliphatic rings. The Kier molecular flexibility index (Phi) is 5.42. The molecule has 0 radical (unpaired) electrons. The molecule has 5 nitrogen and oxygen atoms in total. The number of nitrogens with zero attached hydrogens (tertiary/aromatic N) is 2. The molecule has 0 saturated heterocycles. The van der Waals surface area contributed by atoms with Crippen molar-refractivity contribution >= 4 is 5.91 Å². The highest BCUT2D eigenvalue weighted by atomic mass is 16.5. The highest BCUT2D eigenvalue weighted by molar-refractivity contribution is 5.96. The molecular weight excluding hydrogens is 290 g/mol. The zero-order chi connectivity index (χ0) is 16.8. The fourth-order valence-corrected chi connectivity index (χ4v) is 2.41. The first-order valence-corrected chi connectivity index (χ1v) is 7.67. The fraction of sp³-hybridized carbons (Fsp3) is 0.333. The molecule has 2 rings (SSSR count). The predicted octanol–water partition coefficient (Wildman–Crippen LogP) is 3.20. The molecular formula is C18H21N3O2. The van der Waals surface area contributed by atoms with Gasteiger partial charge in [-0.2, -0.15) is 5.26 Å². The third kappa shape index (κ3) is 3.54. The summed E-state index contributed by atoms with van der Waals surface area (Å²) < 4.78 is 7.11. The fourth-order valence-electron chi connectivity index (χ4n) is 2.41. The number of benzene rings is 1. The average Bonchev–Trinajstić information content (AvgIpc) is 2.98. The van der Waals surface area contributed by atoms with Gasteiger partial charge in [0.15, 0.2) is 0 Å².